The van der Waals surface area contributed by atoms with Gasteiger partial charge in [0.1, 0.15) is 0 Å². The maximum Gasteiger partial charge on any atom is 0.0401 e. The van der Waals surface area contributed by atoms with E-state index in [0.717, 1.165) is 31.9 Å². The van der Waals surface area contributed by atoms with Crippen molar-refractivity contribution in [3.05, 3.63) is 54.4 Å². The number of piperazine rings is 1. The van der Waals surface area contributed by atoms with Crippen molar-refractivity contribution >= 4 is 11.4 Å². The maximum absolute atomic E-state index is 4.26. The van der Waals surface area contributed by atoms with Gasteiger partial charge >= 0.3 is 0 Å². The average molecular weight is 252 g/mol. The predicted octanol–water partition coefficient (Wildman–Crippen LogP) is 2.52. The summed E-state index contributed by atoms with van der Waals surface area (Å²) >= 11 is 0. The Balaban J connectivity index is 1.67. The number of hydrogen-bond acceptors (Lipinski definition) is 3. The van der Waals surface area contributed by atoms with Crippen molar-refractivity contribution in [2.75, 3.05) is 36.0 Å². The zero-order valence-electron chi connectivity index (χ0n) is 11.2. The third-order valence-corrected chi connectivity index (χ3v) is 3.59. The van der Waals surface area contributed by atoms with Crippen molar-refractivity contribution in [2.45, 2.75) is 6.92 Å². The Hall–Kier alpha value is -2.03. The van der Waals surface area contributed by atoms with Crippen molar-refractivity contribution < 1.29 is 0 Å². The first-order valence-electron chi connectivity index (χ1n) is 6.71. The number of nitrogens with zero attached hydrogens (tertiary/aromatic N) is 3. The third kappa shape index (κ3) is 2.70. The van der Waals surface area contributed by atoms with E-state index in [2.05, 4.69) is 45.1 Å². The van der Waals surface area contributed by atoms with Gasteiger partial charge in [-0.25, -0.2) is 0 Å². The molecule has 1 aliphatic rings. The maximum atomic E-state index is 4.26. The van der Waals surface area contributed by atoms with Gasteiger partial charge < -0.3 is 9.80 Å². The lowest BCUT2D eigenvalue weighted by Gasteiger charge is -2.37. The summed E-state index contributed by atoms with van der Waals surface area (Å²) in [4.78, 5) is 9.12. The van der Waals surface area contributed by atoms with Crippen LogP contribution < -0.4 is 9.80 Å². The molecule has 2 aromatic rings. The zero-order chi connectivity index (χ0) is 13.1. The molecule has 0 saturated carbocycles. The Morgan fingerprint density at radius 1 is 0.947 bits per heavy atom. The highest BCUT2D eigenvalue weighted by atomic mass is 15.3. The second-order valence-corrected chi connectivity index (χ2v) is 4.89. The van der Waals surface area contributed by atoms with Crippen molar-refractivity contribution in [3.63, 3.8) is 0 Å². The highest BCUT2D eigenvalue weighted by Crippen LogP contribution is 2.20. The molecule has 0 bridgehead atoms. The molecule has 97 valence electrons. The minimum atomic E-state index is 1.06. The van der Waals surface area contributed by atoms with E-state index in [1.807, 2.05) is 25.3 Å². The molecule has 1 saturated heterocycles. The first-order valence-corrected chi connectivity index (χ1v) is 6.71. The van der Waals surface area contributed by atoms with Crippen molar-refractivity contribution in [1.29, 1.82) is 0 Å². The molecule has 1 aromatic heterocycles. The summed E-state index contributed by atoms with van der Waals surface area (Å²) in [5, 5.41) is 0. The van der Waals surface area contributed by atoms with Gasteiger partial charge in [-0.3, -0.25) is 4.98 Å². The monoisotopic (exact) mass is 252 g/mol. The third-order valence-electron chi connectivity index (χ3n) is 3.59. The SMILES string of the molecule is Cc1cc(N2CCN(c3cc[c]cc3)CC2)ccn1. The van der Waals surface area contributed by atoms with Gasteiger partial charge in [-0.15, -0.1) is 0 Å². The average Bonchev–Trinajstić information content (AvgIpc) is 2.48. The fourth-order valence-corrected chi connectivity index (χ4v) is 2.54. The Morgan fingerprint density at radius 3 is 2.21 bits per heavy atom. The summed E-state index contributed by atoms with van der Waals surface area (Å²) in [6.45, 7) is 6.28. The molecule has 1 fully saturated rings. The van der Waals surface area contributed by atoms with Crippen molar-refractivity contribution in [3.8, 4) is 0 Å². The Morgan fingerprint density at radius 2 is 1.58 bits per heavy atom. The highest BCUT2D eigenvalue weighted by Gasteiger charge is 2.17. The van der Waals surface area contributed by atoms with E-state index in [1.54, 1.807) is 0 Å². The van der Waals surface area contributed by atoms with E-state index in [0.29, 0.717) is 0 Å². The van der Waals surface area contributed by atoms with Crippen molar-refractivity contribution in [2.24, 2.45) is 0 Å². The van der Waals surface area contributed by atoms with E-state index in [4.69, 9.17) is 0 Å². The molecule has 1 aliphatic heterocycles. The molecule has 19 heavy (non-hydrogen) atoms. The molecule has 0 unspecified atom stereocenters. The number of rotatable bonds is 2. The van der Waals surface area contributed by atoms with Crippen LogP contribution >= 0.6 is 0 Å². The van der Waals surface area contributed by atoms with Crippen LogP contribution in [0.25, 0.3) is 0 Å². The Kier molecular flexibility index (Phi) is 3.36. The molecule has 3 nitrogen and oxygen atoms in total. The Bertz CT molecular complexity index is 531. The summed E-state index contributed by atoms with van der Waals surface area (Å²) in [6, 6.07) is 15.5. The van der Waals surface area contributed by atoms with Crippen LogP contribution in [-0.2, 0) is 0 Å². The number of benzene rings is 1. The van der Waals surface area contributed by atoms with E-state index in [1.165, 1.54) is 11.4 Å². The van der Waals surface area contributed by atoms with Crippen LogP contribution in [-0.4, -0.2) is 31.2 Å². The van der Waals surface area contributed by atoms with Gasteiger partial charge in [0.15, 0.2) is 0 Å². The molecule has 0 amide bonds. The Labute approximate surface area is 114 Å². The lowest BCUT2D eigenvalue weighted by Crippen LogP contribution is -2.46. The first-order chi connectivity index (χ1) is 9.33. The van der Waals surface area contributed by atoms with E-state index < -0.39 is 0 Å². The number of hydrogen-bond donors (Lipinski definition) is 0. The van der Waals surface area contributed by atoms with Gasteiger partial charge in [-0.1, -0.05) is 12.1 Å². The molecule has 3 rings (SSSR count). The van der Waals surface area contributed by atoms with Crippen LogP contribution in [0.5, 0.6) is 0 Å². The molecule has 0 atom stereocenters. The topological polar surface area (TPSA) is 19.4 Å². The minimum Gasteiger partial charge on any atom is -0.368 e. The summed E-state index contributed by atoms with van der Waals surface area (Å²) < 4.78 is 0. The molecular weight excluding hydrogens is 234 g/mol. The molecule has 0 spiro atoms. The summed E-state index contributed by atoms with van der Waals surface area (Å²) in [5.74, 6) is 0. The van der Waals surface area contributed by atoms with Crippen LogP contribution in [0.2, 0.25) is 0 Å². The van der Waals surface area contributed by atoms with Gasteiger partial charge in [-0.05, 0) is 37.3 Å². The van der Waals surface area contributed by atoms with Gasteiger partial charge in [0, 0.05) is 49.4 Å². The standard InChI is InChI=1S/C16H18N3/c1-14-13-16(7-8-17-14)19-11-9-18(10-12-19)15-5-3-2-4-6-15/h3-8,13H,9-12H2,1H3. The second kappa shape index (κ2) is 5.31. The molecule has 1 aromatic carbocycles. The van der Waals surface area contributed by atoms with Crippen LogP contribution in [0.1, 0.15) is 5.69 Å². The fourth-order valence-electron chi connectivity index (χ4n) is 2.54. The van der Waals surface area contributed by atoms with E-state index in [9.17, 15) is 0 Å². The molecule has 0 N–H and O–H groups in total. The van der Waals surface area contributed by atoms with Gasteiger partial charge in [0.05, 0.1) is 0 Å². The number of aryl methyl sites for hydroxylation is 1. The quantitative estimate of drug-likeness (QED) is 0.818. The highest BCUT2D eigenvalue weighted by molar-refractivity contribution is 5.51. The predicted molar refractivity (Wildman–Crippen MR) is 78.7 cm³/mol. The normalized spacial score (nSPS) is 15.6. The van der Waals surface area contributed by atoms with Gasteiger partial charge in [0.25, 0.3) is 0 Å². The first kappa shape index (κ1) is 12.0. The number of pyridine rings is 1. The summed E-state index contributed by atoms with van der Waals surface area (Å²) in [7, 11) is 0. The van der Waals surface area contributed by atoms with Crippen LogP contribution in [0.4, 0.5) is 11.4 Å². The molecule has 3 heteroatoms. The number of aromatic nitrogens is 1. The van der Waals surface area contributed by atoms with E-state index in [-0.39, 0.29) is 0 Å². The largest absolute Gasteiger partial charge is 0.368 e. The van der Waals surface area contributed by atoms with Crippen LogP contribution in [0.3, 0.4) is 0 Å². The molecule has 0 aliphatic carbocycles. The molecular formula is C16H18N3. The zero-order valence-corrected chi connectivity index (χ0v) is 11.2. The number of anilines is 2. The summed E-state index contributed by atoms with van der Waals surface area (Å²) in [6.07, 6.45) is 1.89. The van der Waals surface area contributed by atoms with Crippen LogP contribution in [0, 0.1) is 13.0 Å². The lowest BCUT2D eigenvalue weighted by atomic mass is 10.2. The van der Waals surface area contributed by atoms with E-state index >= 15 is 0 Å². The summed E-state index contributed by atoms with van der Waals surface area (Å²) in [5.41, 5.74) is 3.66. The molecule has 2 heterocycles. The minimum absolute atomic E-state index is 1.06. The smallest absolute Gasteiger partial charge is 0.0401 e. The van der Waals surface area contributed by atoms with Crippen LogP contribution in [0.15, 0.2) is 42.6 Å². The van der Waals surface area contributed by atoms with Crippen molar-refractivity contribution in [1.82, 2.24) is 4.98 Å². The second-order valence-electron chi connectivity index (χ2n) is 4.89. The van der Waals surface area contributed by atoms with Gasteiger partial charge in [0.2, 0.25) is 0 Å². The fraction of sp³-hybridized carbons (Fsp3) is 0.312. The molecule has 1 radical (unpaired) electrons. The lowest BCUT2D eigenvalue weighted by molar-refractivity contribution is 0.653. The van der Waals surface area contributed by atoms with Gasteiger partial charge in [-0.2, -0.15) is 0 Å².